The number of hydrogen-bond acceptors (Lipinski definition) is 1. The Morgan fingerprint density at radius 2 is 0.676 bits per heavy atom. The molecule has 1 N–H and O–H groups in total. The van der Waals surface area contributed by atoms with E-state index in [9.17, 15) is 79.0 Å². The molecule has 0 unspecified atom stereocenters. The van der Waals surface area contributed by atoms with Gasteiger partial charge in [0.2, 0.25) is 5.82 Å². The zero-order valence-corrected chi connectivity index (χ0v) is 16.3. The van der Waals surface area contributed by atoms with Crippen molar-refractivity contribution in [3.8, 4) is 0 Å². The average Bonchev–Trinajstić information content (AvgIpc) is 2.73. The number of alkyl halides is 9. The van der Waals surface area contributed by atoms with Crippen molar-refractivity contribution < 1.29 is 79.0 Å². The minimum atomic E-state index is -7.80. The molecule has 0 radical (unpaired) electrons. The highest BCUT2D eigenvalue weighted by molar-refractivity contribution is 5.98. The van der Waals surface area contributed by atoms with Gasteiger partial charge in [-0.15, -0.1) is 0 Å². The number of halogens is 18. The van der Waals surface area contributed by atoms with Gasteiger partial charge < -0.3 is 0 Å². The number of rotatable bonds is 3. The Hall–Kier alpha value is -3.37. The average molecular weight is 573 g/mol. The summed E-state index contributed by atoms with van der Waals surface area (Å²) in [6.45, 7) is 0. The summed E-state index contributed by atoms with van der Waals surface area (Å²) >= 11 is 0. The number of nitrogens with one attached hydrogen (secondary N) is 1. The molecule has 0 heterocycles. The Kier molecular flexibility index (Phi) is 7.17. The van der Waals surface area contributed by atoms with E-state index in [1.807, 2.05) is 0 Å². The Bertz CT molecular complexity index is 1230. The van der Waals surface area contributed by atoms with Crippen molar-refractivity contribution in [1.82, 2.24) is 0 Å². The Morgan fingerprint density at radius 1 is 0.432 bits per heavy atom. The van der Waals surface area contributed by atoms with Gasteiger partial charge in [-0.3, -0.25) is 5.41 Å². The van der Waals surface area contributed by atoms with Crippen LogP contribution in [-0.4, -0.2) is 24.4 Å². The molecule has 204 valence electrons. The van der Waals surface area contributed by atoms with E-state index in [-0.39, 0.29) is 0 Å². The largest absolute Gasteiger partial charge is 0.416 e. The van der Waals surface area contributed by atoms with Crippen molar-refractivity contribution in [3.05, 3.63) is 69.0 Å². The highest BCUT2D eigenvalue weighted by Gasteiger charge is 2.86. The van der Waals surface area contributed by atoms with E-state index in [1.165, 1.54) is 0 Å². The topological polar surface area (TPSA) is 23.9 Å². The van der Waals surface area contributed by atoms with E-state index >= 15 is 0 Å². The van der Waals surface area contributed by atoms with E-state index in [0.29, 0.717) is 5.87 Å². The van der Waals surface area contributed by atoms with Crippen LogP contribution in [0.1, 0.15) is 16.7 Å². The maximum atomic E-state index is 14.5. The standard InChI is InChI=1S/C18HF18N/c19-6-3(2(1-37)4-8(21)12(25)14(27)13(26)9(4)22)7(20)11(24)5(10(6)23)15(16(28,29)30,17(31,32)33)18(34,35)36/h37H. The van der Waals surface area contributed by atoms with Gasteiger partial charge in [-0.25, -0.2) is 39.5 Å². The van der Waals surface area contributed by atoms with Crippen molar-refractivity contribution in [1.29, 1.82) is 5.41 Å². The monoisotopic (exact) mass is 573 g/mol. The van der Waals surface area contributed by atoms with Gasteiger partial charge >= 0.3 is 18.5 Å². The van der Waals surface area contributed by atoms with Crippen molar-refractivity contribution >= 4 is 11.4 Å². The molecule has 0 aliphatic carbocycles. The molecule has 19 heteroatoms. The molecule has 1 nitrogen and oxygen atoms in total. The summed E-state index contributed by atoms with van der Waals surface area (Å²) in [6, 6.07) is 0. The van der Waals surface area contributed by atoms with E-state index in [0.717, 1.165) is 0 Å². The molecule has 0 amide bonds. The lowest BCUT2D eigenvalue weighted by molar-refractivity contribution is -0.388. The fourth-order valence-corrected chi connectivity index (χ4v) is 3.16. The summed E-state index contributed by atoms with van der Waals surface area (Å²) in [5, 5.41) is 6.75. The maximum Gasteiger partial charge on any atom is 0.416 e. The fraction of sp³-hybridized carbons (Fsp3) is 0.222. The van der Waals surface area contributed by atoms with Crippen molar-refractivity contribution in [2.75, 3.05) is 0 Å². The molecule has 0 atom stereocenters. The second-order valence-corrected chi connectivity index (χ2v) is 6.69. The third-order valence-electron chi connectivity index (χ3n) is 4.75. The molecule has 0 spiro atoms. The van der Waals surface area contributed by atoms with Gasteiger partial charge in [0, 0.05) is 0 Å². The van der Waals surface area contributed by atoms with Crippen LogP contribution in [-0.2, 0) is 5.41 Å². The lowest BCUT2D eigenvalue weighted by Crippen LogP contribution is -2.64. The molecule has 0 bridgehead atoms. The molecule has 0 fully saturated rings. The summed E-state index contributed by atoms with van der Waals surface area (Å²) in [7, 11) is 0. The minimum absolute atomic E-state index is 0.526. The second-order valence-electron chi connectivity index (χ2n) is 6.69. The van der Waals surface area contributed by atoms with Crippen LogP contribution >= 0.6 is 0 Å². The molecule has 2 aromatic rings. The summed E-state index contributed by atoms with van der Waals surface area (Å²) in [5.74, 6) is -30.0. The maximum absolute atomic E-state index is 14.5. The SMILES string of the molecule is N=C=C(c1c(F)c(F)c(F)c(F)c1F)c1c(F)c(F)c(C(C(F)(F)F)(C(F)(F)F)C(F)(F)F)c(F)c1F. The highest BCUT2D eigenvalue weighted by atomic mass is 19.4. The first-order valence-electron chi connectivity index (χ1n) is 8.40. The van der Waals surface area contributed by atoms with Gasteiger partial charge in [-0.1, -0.05) is 0 Å². The second kappa shape index (κ2) is 8.88. The summed E-state index contributed by atoms with van der Waals surface area (Å²) in [5.41, 5.74) is -20.1. The van der Waals surface area contributed by atoms with E-state index < -0.39 is 98.6 Å². The lowest BCUT2D eigenvalue weighted by atomic mass is 9.76. The molecule has 0 aliphatic rings. The Balaban J connectivity index is 3.20. The third-order valence-corrected chi connectivity index (χ3v) is 4.75. The molecule has 0 aliphatic heterocycles. The van der Waals surface area contributed by atoms with Crippen LogP contribution in [0, 0.1) is 57.8 Å². The van der Waals surface area contributed by atoms with Crippen LogP contribution in [0.4, 0.5) is 79.0 Å². The van der Waals surface area contributed by atoms with Gasteiger partial charge in [0.25, 0.3) is 5.41 Å². The Labute approximate surface area is 190 Å². The molecule has 2 rings (SSSR count). The quantitative estimate of drug-likeness (QED) is 0.170. The van der Waals surface area contributed by atoms with Gasteiger partial charge in [0.1, 0.15) is 0 Å². The summed E-state index contributed by atoms with van der Waals surface area (Å²) < 4.78 is 245. The number of benzene rings is 2. The van der Waals surface area contributed by atoms with Crippen LogP contribution in [0.3, 0.4) is 0 Å². The fourth-order valence-electron chi connectivity index (χ4n) is 3.16. The van der Waals surface area contributed by atoms with Gasteiger partial charge in [-0.05, 0) is 5.87 Å². The van der Waals surface area contributed by atoms with Crippen LogP contribution in [0.2, 0.25) is 0 Å². The zero-order valence-electron chi connectivity index (χ0n) is 16.3. The van der Waals surface area contributed by atoms with Crippen LogP contribution in [0.5, 0.6) is 0 Å². The van der Waals surface area contributed by atoms with Gasteiger partial charge in [0.15, 0.2) is 46.5 Å². The molecular weight excluding hydrogens is 572 g/mol. The molecule has 0 saturated carbocycles. The van der Waals surface area contributed by atoms with Gasteiger partial charge in [-0.2, -0.15) is 39.5 Å². The first-order valence-corrected chi connectivity index (χ1v) is 8.40. The number of hydrogen-bond donors (Lipinski definition) is 1. The van der Waals surface area contributed by atoms with E-state index in [4.69, 9.17) is 5.41 Å². The highest BCUT2D eigenvalue weighted by Crippen LogP contribution is 2.62. The molecule has 2 aromatic carbocycles. The first-order chi connectivity index (χ1) is 16.5. The smallest absolute Gasteiger partial charge is 0.258 e. The molecule has 0 aromatic heterocycles. The van der Waals surface area contributed by atoms with Crippen LogP contribution in [0.25, 0.3) is 5.57 Å². The third kappa shape index (κ3) is 3.99. The summed E-state index contributed by atoms with van der Waals surface area (Å²) in [6.07, 6.45) is -23.4. The van der Waals surface area contributed by atoms with E-state index in [2.05, 4.69) is 0 Å². The predicted molar refractivity (Wildman–Crippen MR) is 82.6 cm³/mol. The first kappa shape index (κ1) is 29.9. The molecule has 37 heavy (non-hydrogen) atoms. The van der Waals surface area contributed by atoms with Crippen molar-refractivity contribution in [2.24, 2.45) is 0 Å². The molecular formula is C18HF18N. The lowest BCUT2D eigenvalue weighted by Gasteiger charge is -2.39. The van der Waals surface area contributed by atoms with Crippen LogP contribution in [0.15, 0.2) is 0 Å². The Morgan fingerprint density at radius 3 is 0.919 bits per heavy atom. The van der Waals surface area contributed by atoms with Crippen molar-refractivity contribution in [2.45, 2.75) is 23.9 Å². The minimum Gasteiger partial charge on any atom is -0.258 e. The van der Waals surface area contributed by atoms with E-state index in [1.54, 1.807) is 0 Å². The zero-order chi connectivity index (χ0) is 29.2. The predicted octanol–water partition coefficient (Wildman–Crippen LogP) is 7.54. The van der Waals surface area contributed by atoms with Crippen LogP contribution < -0.4 is 0 Å². The van der Waals surface area contributed by atoms with Crippen molar-refractivity contribution in [3.63, 3.8) is 0 Å². The normalized spacial score (nSPS) is 13.1. The molecule has 0 saturated heterocycles. The summed E-state index contributed by atoms with van der Waals surface area (Å²) in [4.78, 5) is 0. The van der Waals surface area contributed by atoms with Gasteiger partial charge in [0.05, 0.1) is 22.3 Å².